The summed E-state index contributed by atoms with van der Waals surface area (Å²) < 4.78 is 38.6. The Morgan fingerprint density at radius 3 is 2.43 bits per heavy atom. The van der Waals surface area contributed by atoms with Gasteiger partial charge in [0.25, 0.3) is 0 Å². The number of benzene rings is 2. The number of esters is 1. The van der Waals surface area contributed by atoms with Gasteiger partial charge in [-0.3, -0.25) is 0 Å². The average molecular weight is 470 g/mol. The average Bonchev–Trinajstić information content (AvgIpc) is 2.66. The minimum atomic E-state index is -3.66. The normalized spacial score (nSPS) is 11.5. The van der Waals surface area contributed by atoms with Crippen LogP contribution in [0.5, 0.6) is 5.75 Å². The summed E-state index contributed by atoms with van der Waals surface area (Å²) in [5, 5.41) is 0. The Morgan fingerprint density at radius 2 is 1.79 bits per heavy atom. The van der Waals surface area contributed by atoms with Crippen molar-refractivity contribution in [3.8, 4) is 5.75 Å². The number of carbonyl (C=O) groups is 1. The number of carbonyl (C=O) groups excluding carboxylic acids is 1. The van der Waals surface area contributed by atoms with Crippen LogP contribution in [-0.2, 0) is 14.8 Å². The van der Waals surface area contributed by atoms with E-state index in [4.69, 9.17) is 9.47 Å². The maximum absolute atomic E-state index is 12.8. The maximum Gasteiger partial charge on any atom is 0.338 e. The van der Waals surface area contributed by atoms with Crippen LogP contribution in [0.15, 0.2) is 51.8 Å². The highest BCUT2D eigenvalue weighted by molar-refractivity contribution is 9.10. The van der Waals surface area contributed by atoms with E-state index in [9.17, 15) is 13.2 Å². The summed E-state index contributed by atoms with van der Waals surface area (Å²) in [4.78, 5) is 12.4. The third-order valence-corrected chi connectivity index (χ3v) is 6.81. The van der Waals surface area contributed by atoms with Crippen LogP contribution in [0.4, 0.5) is 0 Å². The lowest BCUT2D eigenvalue weighted by atomic mass is 10.1. The second-order valence-corrected chi connectivity index (χ2v) is 8.83. The van der Waals surface area contributed by atoms with Crippen molar-refractivity contribution in [1.29, 1.82) is 0 Å². The lowest BCUT2D eigenvalue weighted by molar-refractivity contribution is 0.0450. The van der Waals surface area contributed by atoms with Crippen LogP contribution in [0, 0.1) is 6.92 Å². The largest absolute Gasteiger partial charge is 0.490 e. The highest BCUT2D eigenvalue weighted by Crippen LogP contribution is 2.22. The first-order valence-electron chi connectivity index (χ1n) is 8.95. The Kier molecular flexibility index (Phi) is 8.03. The summed E-state index contributed by atoms with van der Waals surface area (Å²) >= 11 is 3.36. The number of sulfonamides is 1. The Balaban J connectivity index is 2.04. The summed E-state index contributed by atoms with van der Waals surface area (Å²) in [5.74, 6) is 0.0715. The second kappa shape index (κ2) is 10.0. The van der Waals surface area contributed by atoms with Crippen LogP contribution >= 0.6 is 15.9 Å². The van der Waals surface area contributed by atoms with Crippen molar-refractivity contribution < 1.29 is 22.7 Å². The van der Waals surface area contributed by atoms with Crippen LogP contribution in [0.3, 0.4) is 0 Å². The molecule has 0 aromatic heterocycles. The van der Waals surface area contributed by atoms with Crippen LogP contribution in [0.25, 0.3) is 0 Å². The molecule has 0 aliphatic heterocycles. The first kappa shape index (κ1) is 22.4. The zero-order valence-corrected chi connectivity index (χ0v) is 18.5. The molecule has 6 nitrogen and oxygen atoms in total. The summed E-state index contributed by atoms with van der Waals surface area (Å²) in [6.45, 7) is 6.23. The quantitative estimate of drug-likeness (QED) is 0.409. The van der Waals surface area contributed by atoms with Gasteiger partial charge in [-0.1, -0.05) is 41.9 Å². The fourth-order valence-corrected chi connectivity index (χ4v) is 4.73. The van der Waals surface area contributed by atoms with E-state index < -0.39 is 16.0 Å². The molecule has 0 amide bonds. The molecule has 0 aliphatic rings. The van der Waals surface area contributed by atoms with Crippen LogP contribution in [-0.4, -0.2) is 45.0 Å². The molecule has 0 heterocycles. The minimum Gasteiger partial charge on any atom is -0.490 e. The topological polar surface area (TPSA) is 72.9 Å². The monoisotopic (exact) mass is 469 g/mol. The number of ether oxygens (including phenoxy) is 2. The van der Waals surface area contributed by atoms with Crippen molar-refractivity contribution >= 4 is 31.9 Å². The Labute approximate surface area is 174 Å². The molecule has 0 aliphatic carbocycles. The standard InChI is InChI=1S/C20H24BrNO5S/c1-4-22(5-2)28(24,25)19-13-16(10-9-15(19)3)20(23)27-12-11-26-18-8-6-7-17(21)14-18/h6-10,13-14H,4-5,11-12H2,1-3H3. The Bertz CT molecular complexity index is 926. The fraction of sp³-hybridized carbons (Fsp3) is 0.350. The van der Waals surface area contributed by atoms with E-state index >= 15 is 0 Å². The van der Waals surface area contributed by atoms with E-state index in [-0.39, 0.29) is 23.7 Å². The van der Waals surface area contributed by atoms with Crippen LogP contribution in [0.2, 0.25) is 0 Å². The number of hydrogen-bond acceptors (Lipinski definition) is 5. The molecule has 0 spiro atoms. The van der Waals surface area contributed by atoms with E-state index in [1.54, 1.807) is 39.0 Å². The van der Waals surface area contributed by atoms with Crippen molar-refractivity contribution in [2.75, 3.05) is 26.3 Å². The van der Waals surface area contributed by atoms with Gasteiger partial charge in [0, 0.05) is 17.6 Å². The van der Waals surface area contributed by atoms with E-state index in [1.807, 2.05) is 18.2 Å². The van der Waals surface area contributed by atoms with Crippen LogP contribution in [0.1, 0.15) is 29.8 Å². The molecule has 8 heteroatoms. The molecule has 2 aromatic carbocycles. The molecule has 0 fully saturated rings. The van der Waals surface area contributed by atoms with Gasteiger partial charge in [0.05, 0.1) is 10.5 Å². The molecule has 0 N–H and O–H groups in total. The Morgan fingerprint density at radius 1 is 1.07 bits per heavy atom. The molecule has 0 radical (unpaired) electrons. The van der Waals surface area contributed by atoms with Gasteiger partial charge < -0.3 is 9.47 Å². The van der Waals surface area contributed by atoms with E-state index in [0.717, 1.165) is 4.47 Å². The van der Waals surface area contributed by atoms with Crippen molar-refractivity contribution in [1.82, 2.24) is 4.31 Å². The number of hydrogen-bond donors (Lipinski definition) is 0. The molecule has 2 rings (SSSR count). The maximum atomic E-state index is 12.8. The third-order valence-electron chi connectivity index (χ3n) is 4.13. The summed E-state index contributed by atoms with van der Waals surface area (Å²) in [7, 11) is -3.66. The zero-order chi connectivity index (χ0) is 20.7. The first-order chi connectivity index (χ1) is 13.3. The molecule has 0 unspecified atom stereocenters. The van der Waals surface area contributed by atoms with E-state index in [2.05, 4.69) is 15.9 Å². The van der Waals surface area contributed by atoms with E-state index in [1.165, 1.54) is 10.4 Å². The number of rotatable bonds is 9. The molecular formula is C20H24BrNO5S. The van der Waals surface area contributed by atoms with Gasteiger partial charge >= 0.3 is 5.97 Å². The molecule has 2 aromatic rings. The molecule has 0 saturated heterocycles. The number of aryl methyl sites for hydroxylation is 1. The third kappa shape index (κ3) is 5.56. The predicted octanol–water partition coefficient (Wildman–Crippen LogP) is 4.02. The predicted molar refractivity (Wildman–Crippen MR) is 111 cm³/mol. The molecule has 152 valence electrons. The lowest BCUT2D eigenvalue weighted by Gasteiger charge is -2.20. The molecule has 0 atom stereocenters. The van der Waals surface area contributed by atoms with Crippen molar-refractivity contribution in [2.45, 2.75) is 25.7 Å². The van der Waals surface area contributed by atoms with Gasteiger partial charge in [0.1, 0.15) is 19.0 Å². The lowest BCUT2D eigenvalue weighted by Crippen LogP contribution is -2.31. The van der Waals surface area contributed by atoms with Gasteiger partial charge in [-0.2, -0.15) is 4.31 Å². The second-order valence-electron chi connectivity index (χ2n) is 6.01. The number of nitrogens with zero attached hydrogens (tertiary/aromatic N) is 1. The fourth-order valence-electron chi connectivity index (χ4n) is 2.64. The summed E-state index contributed by atoms with van der Waals surface area (Å²) in [5.41, 5.74) is 0.778. The van der Waals surface area contributed by atoms with Gasteiger partial charge in [0.2, 0.25) is 10.0 Å². The smallest absolute Gasteiger partial charge is 0.338 e. The van der Waals surface area contributed by atoms with Crippen molar-refractivity contribution in [3.63, 3.8) is 0 Å². The van der Waals surface area contributed by atoms with E-state index in [0.29, 0.717) is 24.4 Å². The van der Waals surface area contributed by atoms with Gasteiger partial charge in [-0.25, -0.2) is 13.2 Å². The minimum absolute atomic E-state index is 0.0529. The summed E-state index contributed by atoms with van der Waals surface area (Å²) in [6, 6.07) is 11.9. The summed E-state index contributed by atoms with van der Waals surface area (Å²) in [6.07, 6.45) is 0. The highest BCUT2D eigenvalue weighted by Gasteiger charge is 2.25. The SMILES string of the molecule is CCN(CC)S(=O)(=O)c1cc(C(=O)OCCOc2cccc(Br)c2)ccc1C. The van der Waals surface area contributed by atoms with Gasteiger partial charge in [0.15, 0.2) is 0 Å². The van der Waals surface area contributed by atoms with Gasteiger partial charge in [-0.15, -0.1) is 0 Å². The van der Waals surface area contributed by atoms with Gasteiger partial charge in [-0.05, 0) is 42.8 Å². The molecular weight excluding hydrogens is 446 g/mol. The number of halogens is 1. The van der Waals surface area contributed by atoms with Crippen LogP contribution < -0.4 is 4.74 Å². The zero-order valence-electron chi connectivity index (χ0n) is 16.1. The highest BCUT2D eigenvalue weighted by atomic mass is 79.9. The molecule has 0 bridgehead atoms. The van der Waals surface area contributed by atoms with Crippen molar-refractivity contribution in [3.05, 3.63) is 58.1 Å². The first-order valence-corrected chi connectivity index (χ1v) is 11.2. The molecule has 0 saturated carbocycles. The molecule has 28 heavy (non-hydrogen) atoms. The van der Waals surface area contributed by atoms with Crippen molar-refractivity contribution in [2.24, 2.45) is 0 Å². The Hall–Kier alpha value is -1.90.